The molecule has 0 saturated carbocycles. The maximum Gasteiger partial charge on any atom is 0.287 e. The molecule has 0 aliphatic heterocycles. The monoisotopic (exact) mass is 372 g/mol. The van der Waals surface area contributed by atoms with Crippen LogP contribution in [-0.2, 0) is 0 Å². The number of carbonyl (C=O) groups is 2. The van der Waals surface area contributed by atoms with Gasteiger partial charge in [0.05, 0.1) is 6.54 Å². The smallest absolute Gasteiger partial charge is 0.287 e. The fraction of sp³-hybridized carbons (Fsp3) is 0.158. The minimum absolute atomic E-state index is 0.0255. The van der Waals surface area contributed by atoms with Crippen molar-refractivity contribution in [1.29, 1.82) is 0 Å². The van der Waals surface area contributed by atoms with Crippen molar-refractivity contribution in [3.8, 4) is 5.75 Å². The van der Waals surface area contributed by atoms with Crippen LogP contribution >= 0.6 is 0 Å². The van der Waals surface area contributed by atoms with Crippen molar-refractivity contribution in [3.05, 3.63) is 65.2 Å². The number of rotatable bonds is 6. The van der Waals surface area contributed by atoms with Gasteiger partial charge in [0.1, 0.15) is 12.4 Å². The summed E-state index contributed by atoms with van der Waals surface area (Å²) in [5, 5.41) is 11.7. The zero-order chi connectivity index (χ0) is 19.4. The molecule has 7 nitrogen and oxygen atoms in total. The van der Waals surface area contributed by atoms with E-state index in [0.29, 0.717) is 11.1 Å². The molecule has 3 rings (SSSR count). The number of amides is 2. The quantitative estimate of drug-likeness (QED) is 0.351. The lowest BCUT2D eigenvalue weighted by atomic mass is 10.1. The van der Waals surface area contributed by atoms with Crippen LogP contribution < -0.4 is 15.5 Å². The number of ether oxygens (including phenoxy) is 1. The summed E-state index contributed by atoms with van der Waals surface area (Å²) in [4.78, 5) is 23.4. The first-order valence-electron chi connectivity index (χ1n) is 8.13. The van der Waals surface area contributed by atoms with Gasteiger partial charge in [0, 0.05) is 10.9 Å². The lowest BCUT2D eigenvalue weighted by Crippen LogP contribution is -2.27. The van der Waals surface area contributed by atoms with E-state index in [0.717, 1.165) is 5.56 Å². The molecule has 1 aromatic heterocycles. The second-order valence-corrected chi connectivity index (χ2v) is 5.79. The highest BCUT2D eigenvalue weighted by molar-refractivity contribution is 5.97. The Balaban J connectivity index is 1.53. The average Bonchev–Trinajstić information content (AvgIpc) is 3.15. The van der Waals surface area contributed by atoms with Crippen molar-refractivity contribution in [3.63, 3.8) is 0 Å². The molecule has 2 aromatic carbocycles. The van der Waals surface area contributed by atoms with Crippen LogP contribution in [-0.4, -0.2) is 30.2 Å². The second-order valence-electron chi connectivity index (χ2n) is 5.79. The van der Waals surface area contributed by atoms with Crippen LogP contribution in [0.15, 0.2) is 46.9 Å². The van der Waals surface area contributed by atoms with Crippen molar-refractivity contribution in [2.45, 2.75) is 6.92 Å². The highest BCUT2D eigenvalue weighted by atomic mass is 19.1. The van der Waals surface area contributed by atoms with Gasteiger partial charge in [-0.3, -0.25) is 14.8 Å². The van der Waals surface area contributed by atoms with Gasteiger partial charge >= 0.3 is 0 Å². The number of aryl methyl sites for hydroxylation is 1. The molecule has 27 heavy (non-hydrogen) atoms. The van der Waals surface area contributed by atoms with E-state index in [-0.39, 0.29) is 30.1 Å². The Morgan fingerprint density at radius 3 is 2.56 bits per heavy atom. The summed E-state index contributed by atoms with van der Waals surface area (Å²) in [7, 11) is 0. The average molecular weight is 372 g/mol. The Bertz CT molecular complexity index is 943. The maximum absolute atomic E-state index is 13.8. The molecule has 0 unspecified atom stereocenters. The van der Waals surface area contributed by atoms with Crippen LogP contribution in [0.3, 0.4) is 0 Å². The summed E-state index contributed by atoms with van der Waals surface area (Å²) >= 11 is 0. The number of hydroxylamine groups is 1. The fourth-order valence-corrected chi connectivity index (χ4v) is 2.52. The molecular weight excluding hydrogens is 355 g/mol. The van der Waals surface area contributed by atoms with Crippen LogP contribution in [0.2, 0.25) is 0 Å². The number of hydrogen-bond donors (Lipinski definition) is 3. The molecule has 8 heteroatoms. The van der Waals surface area contributed by atoms with Crippen molar-refractivity contribution in [2.24, 2.45) is 0 Å². The van der Waals surface area contributed by atoms with Gasteiger partial charge in [0.25, 0.3) is 11.8 Å². The Kier molecular flexibility index (Phi) is 5.37. The third-order valence-corrected chi connectivity index (χ3v) is 3.95. The van der Waals surface area contributed by atoms with E-state index in [9.17, 15) is 14.0 Å². The van der Waals surface area contributed by atoms with Gasteiger partial charge in [0.15, 0.2) is 17.2 Å². The van der Waals surface area contributed by atoms with Crippen LogP contribution in [0.1, 0.15) is 26.5 Å². The van der Waals surface area contributed by atoms with Gasteiger partial charge in [0.2, 0.25) is 0 Å². The lowest BCUT2D eigenvalue weighted by Gasteiger charge is -2.07. The summed E-state index contributed by atoms with van der Waals surface area (Å²) < 4.78 is 24.5. The Morgan fingerprint density at radius 2 is 1.89 bits per heavy atom. The Hall–Kier alpha value is -3.39. The Labute approximate surface area is 153 Å². The molecule has 0 bridgehead atoms. The Morgan fingerprint density at radius 1 is 1.15 bits per heavy atom. The van der Waals surface area contributed by atoms with Crippen molar-refractivity contribution >= 4 is 22.8 Å². The first-order chi connectivity index (χ1) is 13.0. The number of hydrogen-bond acceptors (Lipinski definition) is 5. The predicted octanol–water partition coefficient (Wildman–Crippen LogP) is 2.81. The molecule has 0 saturated heterocycles. The van der Waals surface area contributed by atoms with Crippen LogP contribution in [0.4, 0.5) is 4.39 Å². The van der Waals surface area contributed by atoms with Gasteiger partial charge < -0.3 is 14.5 Å². The van der Waals surface area contributed by atoms with Crippen molar-refractivity contribution < 1.29 is 28.3 Å². The molecule has 1 heterocycles. The summed E-state index contributed by atoms with van der Waals surface area (Å²) in [6.45, 7) is 2.20. The number of furan rings is 1. The van der Waals surface area contributed by atoms with E-state index >= 15 is 0 Å². The van der Waals surface area contributed by atoms with Gasteiger partial charge in [-0.15, -0.1) is 0 Å². The fourth-order valence-electron chi connectivity index (χ4n) is 2.52. The van der Waals surface area contributed by atoms with E-state index in [1.807, 2.05) is 6.92 Å². The SMILES string of the molecule is Cc1ccc(F)c2oc(C(=O)NCCOc3ccc(C(=O)NO)cc3)cc12. The third kappa shape index (κ3) is 4.06. The van der Waals surface area contributed by atoms with Gasteiger partial charge in [-0.1, -0.05) is 6.07 Å². The minimum atomic E-state index is -0.619. The molecule has 3 aromatic rings. The van der Waals surface area contributed by atoms with E-state index in [2.05, 4.69) is 5.32 Å². The summed E-state index contributed by atoms with van der Waals surface area (Å²) in [6, 6.07) is 10.5. The second kappa shape index (κ2) is 7.88. The normalized spacial score (nSPS) is 10.6. The number of benzene rings is 2. The molecular formula is C19H17FN2O5. The lowest BCUT2D eigenvalue weighted by molar-refractivity contribution is 0.0706. The first kappa shape index (κ1) is 18.4. The van der Waals surface area contributed by atoms with Gasteiger partial charge in [-0.25, -0.2) is 9.87 Å². The highest BCUT2D eigenvalue weighted by Gasteiger charge is 2.15. The largest absolute Gasteiger partial charge is 0.492 e. The van der Waals surface area contributed by atoms with Gasteiger partial charge in [-0.2, -0.15) is 0 Å². The van der Waals surface area contributed by atoms with E-state index < -0.39 is 17.6 Å². The maximum atomic E-state index is 13.8. The van der Waals surface area contributed by atoms with Crippen LogP contribution in [0.25, 0.3) is 11.0 Å². The number of nitrogens with one attached hydrogen (secondary N) is 2. The number of carbonyl (C=O) groups excluding carboxylic acids is 2. The van der Waals surface area contributed by atoms with Crippen molar-refractivity contribution in [1.82, 2.24) is 10.8 Å². The summed E-state index contributed by atoms with van der Waals surface area (Å²) in [6.07, 6.45) is 0. The number of fused-ring (bicyclic) bond motifs is 1. The first-order valence-corrected chi connectivity index (χ1v) is 8.13. The summed E-state index contributed by atoms with van der Waals surface area (Å²) in [5.41, 5.74) is 2.70. The molecule has 140 valence electrons. The molecule has 0 atom stereocenters. The zero-order valence-electron chi connectivity index (χ0n) is 14.4. The van der Waals surface area contributed by atoms with E-state index in [1.54, 1.807) is 18.2 Å². The predicted molar refractivity (Wildman–Crippen MR) is 94.4 cm³/mol. The van der Waals surface area contributed by atoms with Crippen LogP contribution in [0, 0.1) is 12.7 Å². The molecule has 2 amide bonds. The minimum Gasteiger partial charge on any atom is -0.492 e. The van der Waals surface area contributed by atoms with Crippen molar-refractivity contribution in [2.75, 3.05) is 13.2 Å². The molecule has 0 fully saturated rings. The highest BCUT2D eigenvalue weighted by Crippen LogP contribution is 2.25. The molecule has 0 spiro atoms. The van der Waals surface area contributed by atoms with E-state index in [1.165, 1.54) is 29.7 Å². The molecule has 0 radical (unpaired) electrons. The number of halogens is 1. The summed E-state index contributed by atoms with van der Waals surface area (Å²) in [5.74, 6) is -1.08. The van der Waals surface area contributed by atoms with E-state index in [4.69, 9.17) is 14.4 Å². The molecule has 0 aliphatic carbocycles. The van der Waals surface area contributed by atoms with Crippen LogP contribution in [0.5, 0.6) is 5.75 Å². The standard InChI is InChI=1S/C19H17FN2O5/c1-11-2-7-15(20)17-14(11)10-16(27-17)19(24)21-8-9-26-13-5-3-12(4-6-13)18(23)22-25/h2-7,10,25H,8-9H2,1H3,(H,21,24)(H,22,23). The third-order valence-electron chi connectivity index (χ3n) is 3.95. The topological polar surface area (TPSA) is 101 Å². The molecule has 3 N–H and O–H groups in total. The van der Waals surface area contributed by atoms with Gasteiger partial charge in [-0.05, 0) is 48.9 Å². The molecule has 0 aliphatic rings. The zero-order valence-corrected chi connectivity index (χ0v) is 14.4.